The second-order valence-corrected chi connectivity index (χ2v) is 4.97. The second kappa shape index (κ2) is 6.07. The molecule has 0 bridgehead atoms. The van der Waals surface area contributed by atoms with Crippen molar-refractivity contribution < 1.29 is 4.79 Å². The van der Waals surface area contributed by atoms with Gasteiger partial charge in [-0.1, -0.05) is 11.6 Å². The van der Waals surface area contributed by atoms with Crippen LogP contribution in [0.25, 0.3) is 0 Å². The SMILES string of the molecule is CN(C)c1ccc(C(=O)Nc2cc(Cl)nc(Cl)n2)cc1. The normalized spacial score (nSPS) is 10.2. The van der Waals surface area contributed by atoms with Crippen LogP contribution in [0.1, 0.15) is 10.4 Å². The van der Waals surface area contributed by atoms with Crippen molar-refractivity contribution in [2.45, 2.75) is 0 Å². The molecule has 5 nitrogen and oxygen atoms in total. The minimum absolute atomic E-state index is 0.0178. The largest absolute Gasteiger partial charge is 0.378 e. The van der Waals surface area contributed by atoms with E-state index < -0.39 is 0 Å². The number of nitrogens with one attached hydrogen (secondary N) is 1. The van der Waals surface area contributed by atoms with E-state index in [1.54, 1.807) is 12.1 Å². The van der Waals surface area contributed by atoms with Gasteiger partial charge in [-0.25, -0.2) is 9.97 Å². The molecule has 0 aliphatic rings. The molecule has 0 aliphatic heterocycles. The van der Waals surface area contributed by atoms with Crippen molar-refractivity contribution in [1.29, 1.82) is 0 Å². The van der Waals surface area contributed by atoms with Gasteiger partial charge in [0.05, 0.1) is 0 Å². The summed E-state index contributed by atoms with van der Waals surface area (Å²) in [5.74, 6) is -0.0298. The number of hydrogen-bond acceptors (Lipinski definition) is 4. The van der Waals surface area contributed by atoms with Crippen LogP contribution < -0.4 is 10.2 Å². The summed E-state index contributed by atoms with van der Waals surface area (Å²) < 4.78 is 0. The summed E-state index contributed by atoms with van der Waals surface area (Å²) in [4.78, 5) is 21.6. The van der Waals surface area contributed by atoms with Crippen LogP contribution in [0.3, 0.4) is 0 Å². The van der Waals surface area contributed by atoms with Gasteiger partial charge in [0, 0.05) is 31.4 Å². The summed E-state index contributed by atoms with van der Waals surface area (Å²) in [6, 6.07) is 8.60. The predicted octanol–water partition coefficient (Wildman–Crippen LogP) is 3.10. The van der Waals surface area contributed by atoms with Gasteiger partial charge >= 0.3 is 0 Å². The Balaban J connectivity index is 2.15. The zero-order valence-corrected chi connectivity index (χ0v) is 12.4. The summed E-state index contributed by atoms with van der Waals surface area (Å²) in [5.41, 5.74) is 1.52. The van der Waals surface area contributed by atoms with Crippen molar-refractivity contribution in [2.24, 2.45) is 0 Å². The van der Waals surface area contributed by atoms with Crippen molar-refractivity contribution in [3.05, 3.63) is 46.3 Å². The van der Waals surface area contributed by atoms with Crippen LogP contribution in [-0.4, -0.2) is 30.0 Å². The lowest BCUT2D eigenvalue weighted by Crippen LogP contribution is -2.14. The van der Waals surface area contributed by atoms with Gasteiger partial charge in [-0.3, -0.25) is 4.79 Å². The van der Waals surface area contributed by atoms with Gasteiger partial charge in [0.2, 0.25) is 5.28 Å². The van der Waals surface area contributed by atoms with Crippen LogP contribution in [-0.2, 0) is 0 Å². The lowest BCUT2D eigenvalue weighted by molar-refractivity contribution is 0.102. The Bertz CT molecular complexity index is 609. The number of benzene rings is 1. The summed E-state index contributed by atoms with van der Waals surface area (Å²) in [6.07, 6.45) is 0. The number of amides is 1. The molecule has 1 heterocycles. The highest BCUT2D eigenvalue weighted by atomic mass is 35.5. The topological polar surface area (TPSA) is 58.1 Å². The number of anilines is 2. The van der Waals surface area contributed by atoms with E-state index in [1.165, 1.54) is 6.07 Å². The molecule has 0 spiro atoms. The molecule has 2 rings (SSSR count). The zero-order chi connectivity index (χ0) is 14.7. The van der Waals surface area contributed by atoms with Gasteiger partial charge in [-0.2, -0.15) is 0 Å². The first-order valence-electron chi connectivity index (χ1n) is 5.74. The van der Waals surface area contributed by atoms with E-state index in [0.29, 0.717) is 5.56 Å². The van der Waals surface area contributed by atoms with Gasteiger partial charge in [0.1, 0.15) is 11.0 Å². The zero-order valence-electron chi connectivity index (χ0n) is 10.9. The summed E-state index contributed by atoms with van der Waals surface area (Å²) in [7, 11) is 3.86. The van der Waals surface area contributed by atoms with E-state index in [2.05, 4.69) is 15.3 Å². The number of halogens is 2. The highest BCUT2D eigenvalue weighted by Gasteiger charge is 2.09. The van der Waals surface area contributed by atoms with Crippen LogP contribution in [0.2, 0.25) is 10.4 Å². The number of rotatable bonds is 3. The van der Waals surface area contributed by atoms with Crippen LogP contribution in [0, 0.1) is 0 Å². The van der Waals surface area contributed by atoms with Crippen molar-refractivity contribution in [2.75, 3.05) is 24.3 Å². The molecular weight excluding hydrogens is 299 g/mol. The Labute approximate surface area is 126 Å². The lowest BCUT2D eigenvalue weighted by Gasteiger charge is -2.12. The van der Waals surface area contributed by atoms with Gasteiger partial charge in [-0.15, -0.1) is 0 Å². The highest BCUT2D eigenvalue weighted by molar-refractivity contribution is 6.32. The molecule has 0 unspecified atom stereocenters. The first-order chi connectivity index (χ1) is 9.45. The Hall–Kier alpha value is -1.85. The number of hydrogen-bond donors (Lipinski definition) is 1. The third-order valence-corrected chi connectivity index (χ3v) is 2.92. The van der Waals surface area contributed by atoms with Crippen LogP contribution in [0.4, 0.5) is 11.5 Å². The molecule has 1 aromatic carbocycles. The van der Waals surface area contributed by atoms with Crippen molar-refractivity contribution >= 4 is 40.6 Å². The number of nitrogens with zero attached hydrogens (tertiary/aromatic N) is 3. The molecule has 2 aromatic rings. The Morgan fingerprint density at radius 3 is 2.35 bits per heavy atom. The average molecular weight is 311 g/mol. The molecule has 1 aromatic heterocycles. The third-order valence-electron chi connectivity index (χ3n) is 2.56. The molecule has 7 heteroatoms. The molecule has 0 fully saturated rings. The first kappa shape index (κ1) is 14.6. The van der Waals surface area contributed by atoms with E-state index in [9.17, 15) is 4.79 Å². The van der Waals surface area contributed by atoms with E-state index >= 15 is 0 Å². The Kier molecular flexibility index (Phi) is 4.42. The average Bonchev–Trinajstić information content (AvgIpc) is 2.37. The molecule has 0 saturated carbocycles. The van der Waals surface area contributed by atoms with E-state index in [4.69, 9.17) is 23.2 Å². The smallest absolute Gasteiger partial charge is 0.256 e. The van der Waals surface area contributed by atoms with E-state index in [1.807, 2.05) is 31.1 Å². The summed E-state index contributed by atoms with van der Waals surface area (Å²) in [5, 5.41) is 2.77. The number of carbonyl (C=O) groups is 1. The fraction of sp³-hybridized carbons (Fsp3) is 0.154. The highest BCUT2D eigenvalue weighted by Crippen LogP contribution is 2.16. The van der Waals surface area contributed by atoms with Gasteiger partial charge in [-0.05, 0) is 35.9 Å². The predicted molar refractivity (Wildman–Crippen MR) is 80.8 cm³/mol. The Morgan fingerprint density at radius 1 is 1.15 bits per heavy atom. The maximum Gasteiger partial charge on any atom is 0.256 e. The summed E-state index contributed by atoms with van der Waals surface area (Å²) >= 11 is 11.4. The fourth-order valence-electron chi connectivity index (χ4n) is 1.55. The summed E-state index contributed by atoms with van der Waals surface area (Å²) in [6.45, 7) is 0. The first-order valence-corrected chi connectivity index (χ1v) is 6.50. The third kappa shape index (κ3) is 3.59. The molecule has 0 saturated heterocycles. The minimum atomic E-state index is -0.291. The second-order valence-electron chi connectivity index (χ2n) is 4.24. The fourth-order valence-corrected chi connectivity index (χ4v) is 1.96. The quantitative estimate of drug-likeness (QED) is 0.699. The molecule has 20 heavy (non-hydrogen) atoms. The molecule has 0 radical (unpaired) electrons. The standard InChI is InChI=1S/C13H12Cl2N4O/c1-19(2)9-5-3-8(4-6-9)12(20)17-11-7-10(14)16-13(15)18-11/h3-7H,1-2H3,(H,16,17,18,20). The van der Waals surface area contributed by atoms with Gasteiger partial charge in [0.15, 0.2) is 0 Å². The molecule has 0 atom stereocenters. The monoisotopic (exact) mass is 310 g/mol. The number of carbonyl (C=O) groups excluding carboxylic acids is 1. The Morgan fingerprint density at radius 2 is 1.80 bits per heavy atom. The molecule has 0 aliphatic carbocycles. The van der Waals surface area contributed by atoms with Gasteiger partial charge < -0.3 is 10.2 Å². The van der Waals surface area contributed by atoms with Crippen molar-refractivity contribution in [3.63, 3.8) is 0 Å². The lowest BCUT2D eigenvalue weighted by atomic mass is 10.2. The van der Waals surface area contributed by atoms with Gasteiger partial charge in [0.25, 0.3) is 5.91 Å². The van der Waals surface area contributed by atoms with Crippen LogP contribution in [0.15, 0.2) is 30.3 Å². The van der Waals surface area contributed by atoms with Crippen molar-refractivity contribution in [1.82, 2.24) is 9.97 Å². The van der Waals surface area contributed by atoms with E-state index in [0.717, 1.165) is 5.69 Å². The maximum absolute atomic E-state index is 12.0. The van der Waals surface area contributed by atoms with Crippen molar-refractivity contribution in [3.8, 4) is 0 Å². The molecule has 1 amide bonds. The minimum Gasteiger partial charge on any atom is -0.378 e. The van der Waals surface area contributed by atoms with Crippen LogP contribution >= 0.6 is 23.2 Å². The van der Waals surface area contributed by atoms with Crippen LogP contribution in [0.5, 0.6) is 0 Å². The number of aromatic nitrogens is 2. The molecule has 1 N–H and O–H groups in total. The maximum atomic E-state index is 12.0. The van der Waals surface area contributed by atoms with E-state index in [-0.39, 0.29) is 22.2 Å². The molecule has 104 valence electrons. The molecular formula is C13H12Cl2N4O.